The van der Waals surface area contributed by atoms with Crippen LogP contribution in [-0.2, 0) is 0 Å². The summed E-state index contributed by atoms with van der Waals surface area (Å²) in [6.45, 7) is 5.59. The Labute approximate surface area is 125 Å². The van der Waals surface area contributed by atoms with Crippen LogP contribution in [0.15, 0.2) is 48.5 Å². The van der Waals surface area contributed by atoms with Crippen molar-refractivity contribution >= 4 is 17.4 Å². The number of nitrogens with two attached hydrogens (primary N) is 1. The second-order valence-corrected chi connectivity index (χ2v) is 5.13. The molecule has 1 aliphatic heterocycles. The molecule has 2 aromatic carbocycles. The van der Waals surface area contributed by atoms with Crippen molar-refractivity contribution in [1.29, 1.82) is 0 Å². The van der Waals surface area contributed by atoms with Crippen LogP contribution in [0.2, 0.25) is 0 Å². The number of amides is 2. The third-order valence-corrected chi connectivity index (χ3v) is 3.28. The summed E-state index contributed by atoms with van der Waals surface area (Å²) < 4.78 is 0. The molecule has 1 heterocycles. The molecule has 2 amide bonds. The average molecular weight is 283 g/mol. The molecule has 110 valence electrons. The molecule has 0 atom stereocenters. The van der Waals surface area contributed by atoms with E-state index >= 15 is 0 Å². The topological polar surface area (TPSA) is 58.4 Å². The fourth-order valence-corrected chi connectivity index (χ4v) is 2.01. The summed E-state index contributed by atoms with van der Waals surface area (Å²) in [4.78, 5) is 13.0. The number of urea groups is 1. The minimum atomic E-state index is 0.00357. The summed E-state index contributed by atoms with van der Waals surface area (Å²) in [7, 11) is 0. The van der Waals surface area contributed by atoms with Crippen LogP contribution in [0.3, 0.4) is 0 Å². The first-order valence-corrected chi connectivity index (χ1v) is 7.00. The van der Waals surface area contributed by atoms with Gasteiger partial charge in [-0.25, -0.2) is 4.79 Å². The van der Waals surface area contributed by atoms with E-state index in [0.717, 1.165) is 24.5 Å². The molecule has 21 heavy (non-hydrogen) atoms. The minimum absolute atomic E-state index is 0.00357. The molecular weight excluding hydrogens is 262 g/mol. The van der Waals surface area contributed by atoms with Crippen LogP contribution < -0.4 is 16.0 Å². The van der Waals surface area contributed by atoms with Crippen molar-refractivity contribution in [3.05, 3.63) is 59.7 Å². The first-order chi connectivity index (χ1) is 10.1. The molecule has 0 unspecified atom stereocenters. The molecule has 2 aromatic rings. The normalized spacial score (nSPS) is 13.4. The van der Waals surface area contributed by atoms with Crippen LogP contribution in [0, 0.1) is 13.8 Å². The summed E-state index contributed by atoms with van der Waals surface area (Å²) in [5.74, 6) is 0. The first-order valence-electron chi connectivity index (χ1n) is 7.00. The molecule has 1 fully saturated rings. The van der Waals surface area contributed by atoms with E-state index in [-0.39, 0.29) is 6.03 Å². The average Bonchev–Trinajstić information content (AvgIpc) is 2.90. The number of nitrogens with zero attached hydrogens (tertiary/aromatic N) is 1. The van der Waals surface area contributed by atoms with Crippen molar-refractivity contribution in [3.8, 4) is 0 Å². The van der Waals surface area contributed by atoms with Crippen molar-refractivity contribution in [2.75, 3.05) is 23.7 Å². The van der Waals surface area contributed by atoms with Gasteiger partial charge in [0.25, 0.3) is 0 Å². The monoisotopic (exact) mass is 283 g/mol. The molecule has 3 rings (SSSR count). The second-order valence-electron chi connectivity index (χ2n) is 5.13. The Morgan fingerprint density at radius 2 is 1.48 bits per heavy atom. The molecule has 4 heteroatoms. The number of anilines is 2. The van der Waals surface area contributed by atoms with Gasteiger partial charge in [0, 0.05) is 24.5 Å². The lowest BCUT2D eigenvalue weighted by molar-refractivity contribution is 0.252. The van der Waals surface area contributed by atoms with Crippen molar-refractivity contribution in [2.45, 2.75) is 13.8 Å². The summed E-state index contributed by atoms with van der Waals surface area (Å²) in [6.07, 6.45) is 0. The zero-order chi connectivity index (χ0) is 15.2. The predicted molar refractivity (Wildman–Crippen MR) is 87.5 cm³/mol. The Morgan fingerprint density at radius 3 is 1.90 bits per heavy atom. The number of aryl methyl sites for hydroxylation is 2. The largest absolute Gasteiger partial charge is 0.399 e. The maximum absolute atomic E-state index is 11.3. The maximum atomic E-state index is 11.3. The van der Waals surface area contributed by atoms with Crippen LogP contribution >= 0.6 is 0 Å². The van der Waals surface area contributed by atoms with E-state index in [4.69, 9.17) is 5.73 Å². The highest BCUT2D eigenvalue weighted by Crippen LogP contribution is 2.16. The molecule has 0 bridgehead atoms. The van der Waals surface area contributed by atoms with Gasteiger partial charge in [0.05, 0.1) is 0 Å². The third-order valence-electron chi connectivity index (χ3n) is 3.28. The predicted octanol–water partition coefficient (Wildman–Crippen LogP) is 3.10. The van der Waals surface area contributed by atoms with Gasteiger partial charge in [-0.2, -0.15) is 0 Å². The van der Waals surface area contributed by atoms with Gasteiger partial charge in [-0.1, -0.05) is 35.4 Å². The molecular formula is C17H21N3O. The van der Waals surface area contributed by atoms with Gasteiger partial charge in [-0.3, -0.25) is 4.90 Å². The Bertz CT molecular complexity index is 569. The molecule has 0 aromatic heterocycles. The summed E-state index contributed by atoms with van der Waals surface area (Å²) in [6, 6.07) is 15.8. The molecule has 3 N–H and O–H groups in total. The molecule has 0 aliphatic carbocycles. The molecule has 0 saturated carbocycles. The Balaban J connectivity index is 0.000000173. The third kappa shape index (κ3) is 4.24. The van der Waals surface area contributed by atoms with Gasteiger partial charge >= 0.3 is 6.03 Å². The highest BCUT2D eigenvalue weighted by molar-refractivity contribution is 5.93. The van der Waals surface area contributed by atoms with Crippen LogP contribution in [0.25, 0.3) is 0 Å². The van der Waals surface area contributed by atoms with E-state index in [1.54, 1.807) is 4.90 Å². The quantitative estimate of drug-likeness (QED) is 0.790. The fraction of sp³-hybridized carbons (Fsp3) is 0.235. The lowest BCUT2D eigenvalue weighted by atomic mass is 10.2. The fourth-order valence-electron chi connectivity index (χ4n) is 2.01. The number of rotatable bonds is 1. The van der Waals surface area contributed by atoms with Crippen LogP contribution in [-0.4, -0.2) is 19.1 Å². The van der Waals surface area contributed by atoms with Crippen LogP contribution in [0.5, 0.6) is 0 Å². The molecule has 1 aliphatic rings. The second kappa shape index (κ2) is 6.79. The van der Waals surface area contributed by atoms with Crippen molar-refractivity contribution in [1.82, 2.24) is 5.32 Å². The van der Waals surface area contributed by atoms with Crippen molar-refractivity contribution in [3.63, 3.8) is 0 Å². The van der Waals surface area contributed by atoms with Gasteiger partial charge in [-0.05, 0) is 38.1 Å². The Hall–Kier alpha value is -2.49. The Morgan fingerprint density at radius 1 is 0.952 bits per heavy atom. The van der Waals surface area contributed by atoms with Crippen LogP contribution in [0.1, 0.15) is 11.1 Å². The van der Waals surface area contributed by atoms with E-state index < -0.39 is 0 Å². The number of hydrogen-bond donors (Lipinski definition) is 2. The summed E-state index contributed by atoms with van der Waals surface area (Å²) >= 11 is 0. The lowest BCUT2D eigenvalue weighted by Gasteiger charge is -2.13. The number of nitrogen functional groups attached to an aromatic ring is 1. The lowest BCUT2D eigenvalue weighted by Crippen LogP contribution is -2.27. The number of benzene rings is 2. The minimum Gasteiger partial charge on any atom is -0.399 e. The van der Waals surface area contributed by atoms with Gasteiger partial charge in [0.1, 0.15) is 0 Å². The van der Waals surface area contributed by atoms with Gasteiger partial charge in [0.15, 0.2) is 0 Å². The molecule has 4 nitrogen and oxygen atoms in total. The van der Waals surface area contributed by atoms with Crippen LogP contribution in [0.4, 0.5) is 16.2 Å². The zero-order valence-corrected chi connectivity index (χ0v) is 12.5. The maximum Gasteiger partial charge on any atom is 0.321 e. The van der Waals surface area contributed by atoms with Gasteiger partial charge < -0.3 is 11.1 Å². The van der Waals surface area contributed by atoms with E-state index in [1.807, 2.05) is 62.4 Å². The molecule has 0 radical (unpaired) electrons. The van der Waals surface area contributed by atoms with E-state index in [1.165, 1.54) is 11.1 Å². The van der Waals surface area contributed by atoms with Crippen molar-refractivity contribution < 1.29 is 4.79 Å². The van der Waals surface area contributed by atoms with Gasteiger partial charge in [0.2, 0.25) is 0 Å². The van der Waals surface area contributed by atoms with E-state index in [9.17, 15) is 4.79 Å². The number of carbonyl (C=O) groups excluding carboxylic acids is 1. The summed E-state index contributed by atoms with van der Waals surface area (Å²) in [5, 5.41) is 2.77. The SMILES string of the molecule is Cc1ccc(N)cc1.Cc1ccc(N2CCNC2=O)cc1. The number of carbonyl (C=O) groups is 1. The Kier molecular flexibility index (Phi) is 4.82. The highest BCUT2D eigenvalue weighted by atomic mass is 16.2. The highest BCUT2D eigenvalue weighted by Gasteiger charge is 2.20. The standard InChI is InChI=1S/C10H12N2O.C7H9N/c1-8-2-4-9(5-3-8)12-7-6-11-10(12)13;1-6-2-4-7(8)5-3-6/h2-5H,6-7H2,1H3,(H,11,13);2-5H,8H2,1H3. The number of hydrogen-bond acceptors (Lipinski definition) is 2. The van der Waals surface area contributed by atoms with E-state index in [0.29, 0.717) is 0 Å². The van der Waals surface area contributed by atoms with Gasteiger partial charge in [-0.15, -0.1) is 0 Å². The van der Waals surface area contributed by atoms with E-state index in [2.05, 4.69) is 5.32 Å². The molecule has 0 spiro atoms. The summed E-state index contributed by atoms with van der Waals surface area (Å²) in [5.41, 5.74) is 9.69. The zero-order valence-electron chi connectivity index (χ0n) is 12.5. The molecule has 1 saturated heterocycles. The van der Waals surface area contributed by atoms with Crippen molar-refractivity contribution in [2.24, 2.45) is 0 Å². The number of nitrogens with one attached hydrogen (secondary N) is 1. The smallest absolute Gasteiger partial charge is 0.321 e. The first kappa shape index (κ1) is 14.9.